The molecule has 0 saturated carbocycles. The minimum absolute atomic E-state index is 0.146. The topological polar surface area (TPSA) is 69.8 Å². The summed E-state index contributed by atoms with van der Waals surface area (Å²) in [6, 6.07) is 6.38. The molecule has 1 aromatic carbocycles. The number of halogens is 2. The van der Waals surface area contributed by atoms with Gasteiger partial charge >= 0.3 is 0 Å². The second kappa shape index (κ2) is 9.93. The number of benzene rings is 1. The van der Waals surface area contributed by atoms with Crippen molar-refractivity contribution in [2.24, 2.45) is 0 Å². The summed E-state index contributed by atoms with van der Waals surface area (Å²) < 4.78 is 18.4. The molecule has 0 unspecified atom stereocenters. The van der Waals surface area contributed by atoms with Crippen molar-refractivity contribution >= 4 is 64.6 Å². The highest BCUT2D eigenvalue weighted by Gasteiger charge is 2.19. The van der Waals surface area contributed by atoms with E-state index in [0.29, 0.717) is 22.3 Å². The Morgan fingerprint density at radius 2 is 2.04 bits per heavy atom. The second-order valence-electron chi connectivity index (χ2n) is 4.51. The maximum Gasteiger partial charge on any atom is 0.220 e. The number of nitrogens with one attached hydrogen (secondary N) is 2. The average Bonchev–Trinajstić information content (AvgIpc) is 2.92. The van der Waals surface area contributed by atoms with Gasteiger partial charge in [0.15, 0.2) is 0 Å². The summed E-state index contributed by atoms with van der Waals surface area (Å²) in [5.41, 5.74) is 1.08. The Kier molecular flexibility index (Phi) is 8.61. The maximum atomic E-state index is 14.0. The number of carbonyl (C=O) groups excluding carboxylic acids is 1. The summed E-state index contributed by atoms with van der Waals surface area (Å²) in [5.74, 6) is -0.864. The van der Waals surface area contributed by atoms with Crippen LogP contribution in [0.1, 0.15) is 10.5 Å². The summed E-state index contributed by atoms with van der Waals surface area (Å²) in [5, 5.41) is 12.3. The minimum atomic E-state index is -0.461. The smallest absolute Gasteiger partial charge is 0.220 e. The number of ketones is 1. The van der Waals surface area contributed by atoms with Crippen LogP contribution in [0.15, 0.2) is 30.4 Å². The number of fused-ring (bicyclic) bond motifs is 1. The van der Waals surface area contributed by atoms with E-state index < -0.39 is 11.6 Å². The number of hydrogen-bond donors (Lipinski definition) is 2. The minimum Gasteiger partial charge on any atom is -0.328 e. The van der Waals surface area contributed by atoms with Gasteiger partial charge in [0, 0.05) is 48.0 Å². The van der Waals surface area contributed by atoms with Crippen LogP contribution in [-0.2, 0) is 0 Å². The number of anilines is 1. The third-order valence-electron chi connectivity index (χ3n) is 2.77. The Morgan fingerprint density at radius 3 is 2.54 bits per heavy atom. The van der Waals surface area contributed by atoms with Crippen LogP contribution in [0.4, 0.5) is 10.1 Å². The van der Waals surface area contributed by atoms with Gasteiger partial charge in [-0.2, -0.15) is 5.26 Å². The molecule has 0 aliphatic heterocycles. The molecule has 1 aromatic heterocycles. The molecule has 2 aromatic rings. The lowest BCUT2D eigenvalue weighted by atomic mass is 10.1. The number of carbonyl (C=O) groups is 1. The standard InChI is InChI=1S/C13H9FIN3OS2.C2H7N/c1-7(6-16)13(19)12-4-8-3-10(17-20-2)9(14)5-11(8)18(12)21-15;1-3-2/h3-5,17H,1H2,2H3;3H,1-2H3. The summed E-state index contributed by atoms with van der Waals surface area (Å²) >= 11 is 3.28. The van der Waals surface area contributed by atoms with Crippen molar-refractivity contribution in [3.63, 3.8) is 0 Å². The first-order valence-electron chi connectivity index (χ1n) is 6.60. The van der Waals surface area contributed by atoms with Gasteiger partial charge in [0.05, 0.1) is 16.8 Å². The van der Waals surface area contributed by atoms with Crippen molar-refractivity contribution in [2.45, 2.75) is 0 Å². The molecular formula is C15H16FIN4OS2. The van der Waals surface area contributed by atoms with Crippen LogP contribution < -0.4 is 10.0 Å². The predicted molar refractivity (Wildman–Crippen MR) is 110 cm³/mol. The lowest BCUT2D eigenvalue weighted by Crippen LogP contribution is -2.05. The molecule has 2 N–H and O–H groups in total. The van der Waals surface area contributed by atoms with E-state index in [1.54, 1.807) is 28.4 Å². The fourth-order valence-electron chi connectivity index (χ4n) is 1.83. The van der Waals surface area contributed by atoms with Crippen molar-refractivity contribution in [2.75, 3.05) is 25.1 Å². The van der Waals surface area contributed by atoms with Gasteiger partial charge in [-0.1, -0.05) is 18.5 Å². The number of nitriles is 1. The average molecular weight is 478 g/mol. The molecule has 0 fully saturated rings. The van der Waals surface area contributed by atoms with Crippen molar-refractivity contribution in [1.82, 2.24) is 9.29 Å². The fraction of sp³-hybridized carbons (Fsp3) is 0.200. The number of nitrogens with zero attached hydrogens (tertiary/aromatic N) is 2. The number of allylic oxidation sites excluding steroid dienone is 1. The quantitative estimate of drug-likeness (QED) is 0.218. The monoisotopic (exact) mass is 478 g/mol. The van der Waals surface area contributed by atoms with Gasteiger partial charge in [-0.3, -0.25) is 8.77 Å². The Hall–Kier alpha value is -1.22. The Bertz CT molecular complexity index is 801. The molecule has 0 aliphatic carbocycles. The molecule has 0 amide bonds. The van der Waals surface area contributed by atoms with Gasteiger partial charge in [0.25, 0.3) is 0 Å². The zero-order valence-electron chi connectivity index (χ0n) is 13.3. The highest BCUT2D eigenvalue weighted by molar-refractivity contribution is 14.2. The highest BCUT2D eigenvalue weighted by Crippen LogP contribution is 2.33. The van der Waals surface area contributed by atoms with E-state index in [-0.39, 0.29) is 5.57 Å². The fourth-order valence-corrected chi connectivity index (χ4v) is 3.92. The number of Topliss-reactive ketones (excluding diaryl/α,β-unsaturated/α-hetero) is 1. The highest BCUT2D eigenvalue weighted by atomic mass is 127. The van der Waals surface area contributed by atoms with E-state index in [9.17, 15) is 9.18 Å². The largest absolute Gasteiger partial charge is 0.328 e. The molecule has 5 nitrogen and oxygen atoms in total. The maximum absolute atomic E-state index is 14.0. The van der Waals surface area contributed by atoms with Crippen LogP contribution in [0.25, 0.3) is 10.9 Å². The van der Waals surface area contributed by atoms with Gasteiger partial charge in [-0.05, 0) is 26.2 Å². The lowest BCUT2D eigenvalue weighted by Gasteiger charge is -2.06. The van der Waals surface area contributed by atoms with Gasteiger partial charge in [0.2, 0.25) is 5.78 Å². The van der Waals surface area contributed by atoms with Crippen LogP contribution >= 0.6 is 42.3 Å². The van der Waals surface area contributed by atoms with E-state index in [2.05, 4.69) is 16.6 Å². The Morgan fingerprint density at radius 1 is 1.42 bits per heavy atom. The van der Waals surface area contributed by atoms with E-state index >= 15 is 0 Å². The van der Waals surface area contributed by atoms with Crippen LogP contribution in [0.2, 0.25) is 0 Å². The van der Waals surface area contributed by atoms with E-state index in [1.807, 2.05) is 35.3 Å². The molecule has 9 heteroatoms. The molecule has 2 rings (SSSR count). The van der Waals surface area contributed by atoms with E-state index in [1.165, 1.54) is 27.1 Å². The second-order valence-corrected chi connectivity index (χ2v) is 6.81. The molecule has 24 heavy (non-hydrogen) atoms. The van der Waals surface area contributed by atoms with Gasteiger partial charge < -0.3 is 10.0 Å². The Balaban J connectivity index is 0.000000891. The van der Waals surface area contributed by atoms with Gasteiger partial charge in [0.1, 0.15) is 17.6 Å². The molecular weight excluding hydrogens is 462 g/mol. The van der Waals surface area contributed by atoms with Crippen molar-refractivity contribution < 1.29 is 9.18 Å². The molecule has 0 saturated heterocycles. The molecule has 0 bridgehead atoms. The molecule has 0 aliphatic rings. The van der Waals surface area contributed by atoms with E-state index in [4.69, 9.17) is 5.26 Å². The lowest BCUT2D eigenvalue weighted by molar-refractivity contribution is 0.103. The normalized spacial score (nSPS) is 9.83. The molecule has 0 spiro atoms. The first-order valence-corrected chi connectivity index (χ1v) is 11.1. The SMILES string of the molecule is C=C(C#N)C(=O)c1cc2cc(NSC)c(F)cc2n1SI.CNC. The first kappa shape index (κ1) is 20.8. The van der Waals surface area contributed by atoms with Crippen LogP contribution in [0.3, 0.4) is 0 Å². The van der Waals surface area contributed by atoms with Crippen LogP contribution in [0.5, 0.6) is 0 Å². The predicted octanol–water partition coefficient (Wildman–Crippen LogP) is 4.41. The third kappa shape index (κ3) is 4.66. The summed E-state index contributed by atoms with van der Waals surface area (Å²) in [7, 11) is 4.99. The van der Waals surface area contributed by atoms with Crippen LogP contribution in [-0.4, -0.2) is 30.1 Å². The van der Waals surface area contributed by atoms with Crippen molar-refractivity contribution in [3.8, 4) is 6.07 Å². The molecule has 128 valence electrons. The zero-order valence-corrected chi connectivity index (χ0v) is 17.1. The van der Waals surface area contributed by atoms with E-state index in [0.717, 1.165) is 0 Å². The van der Waals surface area contributed by atoms with Gasteiger partial charge in [-0.25, -0.2) is 4.39 Å². The molecule has 1 heterocycles. The number of aromatic nitrogens is 1. The third-order valence-corrected chi connectivity index (χ3v) is 4.91. The van der Waals surface area contributed by atoms with Crippen molar-refractivity contribution in [1.29, 1.82) is 5.26 Å². The zero-order chi connectivity index (χ0) is 18.3. The number of hydrogen-bond acceptors (Lipinski definition) is 6. The molecule has 0 atom stereocenters. The van der Waals surface area contributed by atoms with Gasteiger partial charge in [-0.15, -0.1) is 0 Å². The summed E-state index contributed by atoms with van der Waals surface area (Å²) in [6.07, 6.45) is 1.79. The summed E-state index contributed by atoms with van der Waals surface area (Å²) in [4.78, 5) is 12.1. The Labute approximate surface area is 160 Å². The van der Waals surface area contributed by atoms with Crippen molar-refractivity contribution in [3.05, 3.63) is 41.9 Å². The van der Waals surface area contributed by atoms with Crippen LogP contribution in [0, 0.1) is 17.1 Å². The first-order chi connectivity index (χ1) is 11.4. The number of rotatable bonds is 5. The summed E-state index contributed by atoms with van der Waals surface area (Å²) in [6.45, 7) is 3.43. The molecule has 0 radical (unpaired) electrons.